The van der Waals surface area contributed by atoms with E-state index in [-0.39, 0.29) is 36.0 Å². The molecule has 2 aromatic carbocycles. The van der Waals surface area contributed by atoms with E-state index in [2.05, 4.69) is 0 Å². The second-order valence-corrected chi connectivity index (χ2v) is 13.0. The Morgan fingerprint density at radius 3 is 1.58 bits per heavy atom. The topological polar surface area (TPSA) is 101 Å². The molecule has 0 amide bonds. The number of carbonyl (C=O) groups excluding carboxylic acids is 1. The van der Waals surface area contributed by atoms with E-state index in [1.165, 1.54) is 16.4 Å². The van der Waals surface area contributed by atoms with E-state index in [0.717, 1.165) is 21.0 Å². The minimum Gasteiger partial charge on any atom is -0.465 e. The van der Waals surface area contributed by atoms with Crippen molar-refractivity contribution in [3.63, 3.8) is 0 Å². The second-order valence-electron chi connectivity index (χ2n) is 9.17. The first-order valence-corrected chi connectivity index (χ1v) is 15.5. The standard InChI is InChI=1S/C28H36N2O6S2/c1-5-29(37(32,33)26-15-11-22(3)12-16-26)19-24-9-7-8-10-25(24)20-30(21-28(31)36-6-2)38(34,35)27-17-13-23(4)14-18-27/h9-18H,5-8,19-21H2,1-4H3. The van der Waals surface area contributed by atoms with E-state index < -0.39 is 32.6 Å². The van der Waals surface area contributed by atoms with Gasteiger partial charge in [-0.25, -0.2) is 16.8 Å². The van der Waals surface area contributed by atoms with Crippen molar-refractivity contribution in [1.82, 2.24) is 8.61 Å². The summed E-state index contributed by atoms with van der Waals surface area (Å²) in [7, 11) is -7.79. The highest BCUT2D eigenvalue weighted by Gasteiger charge is 2.31. The molecule has 0 saturated carbocycles. The summed E-state index contributed by atoms with van der Waals surface area (Å²) < 4.78 is 61.5. The minimum absolute atomic E-state index is 0.0754. The first-order valence-electron chi connectivity index (χ1n) is 12.7. The van der Waals surface area contributed by atoms with Crippen molar-refractivity contribution in [3.05, 3.63) is 83.0 Å². The maximum atomic E-state index is 13.6. The third-order valence-electron chi connectivity index (χ3n) is 6.33. The molecule has 0 atom stereocenters. The lowest BCUT2D eigenvalue weighted by Gasteiger charge is -2.28. The average molecular weight is 561 g/mol. The summed E-state index contributed by atoms with van der Waals surface area (Å²) in [6, 6.07) is 13.1. The number of hydrogen-bond donors (Lipinski definition) is 0. The molecule has 3 rings (SSSR count). The Labute approximate surface area is 226 Å². The van der Waals surface area contributed by atoms with Crippen LogP contribution in [0.15, 0.2) is 81.6 Å². The number of rotatable bonds is 12. The lowest BCUT2D eigenvalue weighted by Crippen LogP contribution is -2.39. The zero-order valence-electron chi connectivity index (χ0n) is 22.4. The van der Waals surface area contributed by atoms with Crippen LogP contribution in [0.3, 0.4) is 0 Å². The van der Waals surface area contributed by atoms with Crippen molar-refractivity contribution in [2.45, 2.75) is 50.3 Å². The number of benzene rings is 2. The number of nitrogens with zero attached hydrogens (tertiary/aromatic N) is 2. The fourth-order valence-electron chi connectivity index (χ4n) is 4.15. The van der Waals surface area contributed by atoms with Crippen LogP contribution in [0.1, 0.15) is 37.8 Å². The van der Waals surface area contributed by atoms with Crippen LogP contribution >= 0.6 is 0 Å². The highest BCUT2D eigenvalue weighted by atomic mass is 32.2. The van der Waals surface area contributed by atoms with E-state index in [4.69, 9.17) is 4.74 Å². The highest BCUT2D eigenvalue weighted by molar-refractivity contribution is 7.89. The molecule has 206 valence electrons. The van der Waals surface area contributed by atoms with Gasteiger partial charge in [-0.3, -0.25) is 4.79 Å². The Kier molecular flexibility index (Phi) is 10.1. The van der Waals surface area contributed by atoms with Gasteiger partial charge in [0.2, 0.25) is 20.0 Å². The molecule has 0 unspecified atom stereocenters. The molecule has 38 heavy (non-hydrogen) atoms. The molecule has 0 radical (unpaired) electrons. The summed E-state index contributed by atoms with van der Waals surface area (Å²) in [6.45, 7) is 7.13. The molecule has 0 saturated heterocycles. The van der Waals surface area contributed by atoms with Crippen molar-refractivity contribution >= 4 is 26.0 Å². The zero-order valence-corrected chi connectivity index (χ0v) is 24.0. The molecule has 1 aliphatic carbocycles. The number of ether oxygens (including phenoxy) is 1. The largest absolute Gasteiger partial charge is 0.465 e. The molecule has 0 fully saturated rings. The minimum atomic E-state index is -4.03. The van der Waals surface area contributed by atoms with Crippen LogP contribution in [0.2, 0.25) is 0 Å². The molecule has 0 aromatic heterocycles. The quantitative estimate of drug-likeness (QED) is 0.361. The third kappa shape index (κ3) is 7.19. The van der Waals surface area contributed by atoms with Gasteiger partial charge in [0.25, 0.3) is 0 Å². The van der Waals surface area contributed by atoms with Gasteiger partial charge in [0.1, 0.15) is 6.54 Å². The lowest BCUT2D eigenvalue weighted by molar-refractivity contribution is -0.143. The molecule has 0 bridgehead atoms. The average Bonchev–Trinajstić information content (AvgIpc) is 2.88. The predicted molar refractivity (Wildman–Crippen MR) is 148 cm³/mol. The molecule has 10 heteroatoms. The van der Waals surface area contributed by atoms with Crippen molar-refractivity contribution in [2.75, 3.05) is 32.8 Å². The van der Waals surface area contributed by atoms with Crippen LogP contribution < -0.4 is 0 Å². The van der Waals surface area contributed by atoms with Gasteiger partial charge in [-0.1, -0.05) is 54.5 Å². The summed E-state index contributed by atoms with van der Waals surface area (Å²) >= 11 is 0. The Hall–Kier alpha value is -2.79. The van der Waals surface area contributed by atoms with E-state index in [0.29, 0.717) is 18.4 Å². The number of likely N-dealkylation sites (N-methyl/N-ethyl adjacent to an activating group) is 1. The maximum Gasteiger partial charge on any atom is 0.321 e. The normalized spacial score (nSPS) is 14.4. The number of allylic oxidation sites excluding steroid dienone is 2. The molecular formula is C28H36N2O6S2. The molecular weight excluding hydrogens is 524 g/mol. The van der Waals surface area contributed by atoms with Crippen molar-refractivity contribution < 1.29 is 26.4 Å². The molecule has 0 heterocycles. The Bertz CT molecular complexity index is 1390. The zero-order chi connectivity index (χ0) is 27.9. The van der Waals surface area contributed by atoms with Crippen LogP contribution in [0.25, 0.3) is 0 Å². The van der Waals surface area contributed by atoms with Gasteiger partial charge in [0, 0.05) is 19.6 Å². The summed E-state index contributed by atoms with van der Waals surface area (Å²) in [5, 5.41) is 0. The van der Waals surface area contributed by atoms with E-state index >= 15 is 0 Å². The van der Waals surface area contributed by atoms with Gasteiger partial charge in [-0.05, 0) is 69.0 Å². The van der Waals surface area contributed by atoms with Crippen molar-refractivity contribution in [1.29, 1.82) is 0 Å². The van der Waals surface area contributed by atoms with Crippen LogP contribution in [-0.4, -0.2) is 64.2 Å². The smallest absolute Gasteiger partial charge is 0.321 e. The third-order valence-corrected chi connectivity index (χ3v) is 10.1. The van der Waals surface area contributed by atoms with Crippen LogP contribution in [0, 0.1) is 13.8 Å². The van der Waals surface area contributed by atoms with Gasteiger partial charge in [-0.15, -0.1) is 0 Å². The number of esters is 1. The summed E-state index contributed by atoms with van der Waals surface area (Å²) in [5.74, 6) is -0.651. The first-order chi connectivity index (χ1) is 18.0. The van der Waals surface area contributed by atoms with Crippen molar-refractivity contribution in [2.24, 2.45) is 0 Å². The molecule has 0 spiro atoms. The SMILES string of the molecule is CCOC(=O)CN(CC1=CCCC=C1CN(CC)S(=O)(=O)c1ccc(C)cc1)S(=O)(=O)c1ccc(C)cc1. The number of sulfonamides is 2. The van der Waals surface area contributed by atoms with E-state index in [1.54, 1.807) is 50.2 Å². The number of aryl methyl sites for hydroxylation is 2. The monoisotopic (exact) mass is 560 g/mol. The van der Waals surface area contributed by atoms with Gasteiger partial charge >= 0.3 is 5.97 Å². The van der Waals surface area contributed by atoms with E-state index in [9.17, 15) is 21.6 Å². The van der Waals surface area contributed by atoms with Crippen LogP contribution in [-0.2, 0) is 29.6 Å². The molecule has 0 N–H and O–H groups in total. The molecule has 0 aliphatic heterocycles. The fraction of sp³-hybridized carbons (Fsp3) is 0.393. The van der Waals surface area contributed by atoms with E-state index in [1.807, 2.05) is 26.0 Å². The Morgan fingerprint density at radius 2 is 1.16 bits per heavy atom. The number of hydrogen-bond acceptors (Lipinski definition) is 6. The highest BCUT2D eigenvalue weighted by Crippen LogP contribution is 2.27. The van der Waals surface area contributed by atoms with Gasteiger partial charge < -0.3 is 4.74 Å². The Balaban J connectivity index is 1.90. The predicted octanol–water partition coefficient (Wildman–Crippen LogP) is 4.21. The Morgan fingerprint density at radius 1 is 0.737 bits per heavy atom. The molecule has 1 aliphatic rings. The summed E-state index contributed by atoms with van der Waals surface area (Å²) in [5.41, 5.74) is 3.27. The van der Waals surface area contributed by atoms with Gasteiger partial charge in [0.05, 0.1) is 16.4 Å². The van der Waals surface area contributed by atoms with Crippen LogP contribution in [0.4, 0.5) is 0 Å². The lowest BCUT2D eigenvalue weighted by atomic mass is 9.97. The summed E-state index contributed by atoms with van der Waals surface area (Å²) in [6.07, 6.45) is 5.27. The fourth-order valence-corrected chi connectivity index (χ4v) is 6.94. The second kappa shape index (κ2) is 12.8. The van der Waals surface area contributed by atoms with Crippen molar-refractivity contribution in [3.8, 4) is 0 Å². The maximum absolute atomic E-state index is 13.6. The summed E-state index contributed by atoms with van der Waals surface area (Å²) in [4.78, 5) is 12.7. The first kappa shape index (κ1) is 29.8. The van der Waals surface area contributed by atoms with Crippen LogP contribution in [0.5, 0.6) is 0 Å². The number of carbonyl (C=O) groups is 1. The molecule has 8 nitrogen and oxygen atoms in total. The molecule has 2 aromatic rings. The van der Waals surface area contributed by atoms with Gasteiger partial charge in [0.15, 0.2) is 0 Å². The van der Waals surface area contributed by atoms with Gasteiger partial charge in [-0.2, -0.15) is 8.61 Å².